The van der Waals surface area contributed by atoms with Gasteiger partial charge in [-0.3, -0.25) is 4.79 Å². The van der Waals surface area contributed by atoms with E-state index in [9.17, 15) is 9.59 Å². The number of hydrogen-bond acceptors (Lipinski definition) is 6. The highest BCUT2D eigenvalue weighted by atomic mass is 16.5. The van der Waals surface area contributed by atoms with Crippen LogP contribution in [0, 0.1) is 0 Å². The quantitative estimate of drug-likeness (QED) is 0.0932. The molecule has 0 radical (unpaired) electrons. The summed E-state index contributed by atoms with van der Waals surface area (Å²) in [5.41, 5.74) is 4.78. The Labute approximate surface area is 238 Å². The number of hydrazone groups is 1. The lowest BCUT2D eigenvalue weighted by molar-refractivity contribution is -0.127. The van der Waals surface area contributed by atoms with E-state index < -0.39 is 18.0 Å². The molecule has 0 saturated heterocycles. The molecule has 0 fully saturated rings. The van der Waals surface area contributed by atoms with Crippen LogP contribution in [-0.2, 0) is 11.4 Å². The highest BCUT2D eigenvalue weighted by Gasteiger charge is 2.14. The third-order valence-corrected chi connectivity index (χ3v) is 6.24. The fourth-order valence-electron chi connectivity index (χ4n) is 4.06. The molecule has 1 atom stereocenters. The molecule has 7 nitrogen and oxygen atoms in total. The molecule has 0 aromatic heterocycles. The smallest absolute Gasteiger partial charge is 0.344 e. The first-order valence-corrected chi connectivity index (χ1v) is 13.1. The second-order valence-corrected chi connectivity index (χ2v) is 9.23. The van der Waals surface area contributed by atoms with Crippen molar-refractivity contribution in [3.63, 3.8) is 0 Å². The Morgan fingerprint density at radius 3 is 2.20 bits per heavy atom. The van der Waals surface area contributed by atoms with Crippen LogP contribution in [0.4, 0.5) is 0 Å². The predicted molar refractivity (Wildman–Crippen MR) is 158 cm³/mol. The summed E-state index contributed by atoms with van der Waals surface area (Å²) in [5, 5.41) is 5.82. The molecule has 1 amide bonds. The summed E-state index contributed by atoms with van der Waals surface area (Å²) < 4.78 is 17.1. The first-order chi connectivity index (χ1) is 20.0. The van der Waals surface area contributed by atoms with Crippen molar-refractivity contribution in [3.05, 3.63) is 138 Å². The van der Waals surface area contributed by atoms with E-state index in [4.69, 9.17) is 14.2 Å². The Kier molecular flexibility index (Phi) is 8.66. The fourth-order valence-corrected chi connectivity index (χ4v) is 4.06. The largest absolute Gasteiger partial charge is 0.489 e. The van der Waals surface area contributed by atoms with Gasteiger partial charge in [0.15, 0.2) is 6.10 Å². The summed E-state index contributed by atoms with van der Waals surface area (Å²) in [6.45, 7) is 2.11. The van der Waals surface area contributed by atoms with E-state index >= 15 is 0 Å². The molecule has 0 aliphatic carbocycles. The van der Waals surface area contributed by atoms with Crippen molar-refractivity contribution in [1.29, 1.82) is 0 Å². The molecule has 41 heavy (non-hydrogen) atoms. The van der Waals surface area contributed by atoms with Crippen LogP contribution in [0.15, 0.2) is 126 Å². The summed E-state index contributed by atoms with van der Waals surface area (Å²) in [4.78, 5) is 25.2. The minimum Gasteiger partial charge on any atom is -0.489 e. The SMILES string of the molecule is CC(Oc1ccc(OCc2ccccc2)cc1)C(=O)NN=Cc1ccc(OC(=O)c2cccc3ccccc23)cc1. The van der Waals surface area contributed by atoms with Gasteiger partial charge in [0, 0.05) is 0 Å². The standard InChI is InChI=1S/C34H28N2O5/c1-24(40-29-20-18-28(19-21-29)39-23-26-8-3-2-4-9-26)33(37)36-35-22-25-14-16-30(17-15-25)41-34(38)32-13-7-11-27-10-5-6-12-31(27)32/h2-22,24H,23H2,1H3,(H,36,37). The van der Waals surface area contributed by atoms with Crippen molar-refractivity contribution in [2.75, 3.05) is 0 Å². The zero-order chi connectivity index (χ0) is 28.4. The lowest BCUT2D eigenvalue weighted by atomic mass is 10.0. The summed E-state index contributed by atoms with van der Waals surface area (Å²) in [6, 6.07) is 37.0. The van der Waals surface area contributed by atoms with E-state index in [-0.39, 0.29) is 0 Å². The first-order valence-electron chi connectivity index (χ1n) is 13.1. The molecule has 5 aromatic carbocycles. The molecule has 0 heterocycles. The van der Waals surface area contributed by atoms with Gasteiger partial charge in [0.05, 0.1) is 11.8 Å². The fraction of sp³-hybridized carbons (Fsp3) is 0.0882. The average molecular weight is 545 g/mol. The van der Waals surface area contributed by atoms with E-state index in [2.05, 4.69) is 10.5 Å². The Morgan fingerprint density at radius 1 is 0.756 bits per heavy atom. The number of amides is 1. The Balaban J connectivity index is 1.08. The van der Waals surface area contributed by atoms with Gasteiger partial charge in [0.2, 0.25) is 0 Å². The third kappa shape index (κ3) is 7.36. The number of rotatable bonds is 10. The highest BCUT2D eigenvalue weighted by Crippen LogP contribution is 2.22. The van der Waals surface area contributed by atoms with Crippen LogP contribution < -0.4 is 19.6 Å². The molecule has 0 bridgehead atoms. The molecule has 7 heteroatoms. The van der Waals surface area contributed by atoms with Gasteiger partial charge in [0.25, 0.3) is 5.91 Å². The summed E-state index contributed by atoms with van der Waals surface area (Å²) in [6.07, 6.45) is 0.735. The topological polar surface area (TPSA) is 86.2 Å². The van der Waals surface area contributed by atoms with Gasteiger partial charge in [-0.1, -0.05) is 66.7 Å². The first kappa shape index (κ1) is 27.1. The normalized spacial score (nSPS) is 11.6. The number of hydrogen-bond donors (Lipinski definition) is 1. The number of ether oxygens (including phenoxy) is 3. The Morgan fingerprint density at radius 2 is 1.41 bits per heavy atom. The minimum atomic E-state index is -0.765. The van der Waals surface area contributed by atoms with Crippen molar-refractivity contribution >= 4 is 28.9 Å². The van der Waals surface area contributed by atoms with Gasteiger partial charge in [-0.2, -0.15) is 5.10 Å². The zero-order valence-electron chi connectivity index (χ0n) is 22.4. The van der Waals surface area contributed by atoms with E-state index in [1.807, 2.05) is 66.7 Å². The third-order valence-electron chi connectivity index (χ3n) is 6.24. The molecule has 0 saturated carbocycles. The molecular weight excluding hydrogens is 516 g/mol. The lowest BCUT2D eigenvalue weighted by Crippen LogP contribution is -2.33. The molecular formula is C34H28N2O5. The number of carbonyl (C=O) groups is 2. The van der Waals surface area contributed by atoms with Crippen LogP contribution in [0.1, 0.15) is 28.4 Å². The molecule has 5 rings (SSSR count). The van der Waals surface area contributed by atoms with Crippen LogP contribution in [0.2, 0.25) is 0 Å². The monoisotopic (exact) mass is 544 g/mol. The number of fused-ring (bicyclic) bond motifs is 1. The molecule has 0 spiro atoms. The van der Waals surface area contributed by atoms with Gasteiger partial charge < -0.3 is 14.2 Å². The van der Waals surface area contributed by atoms with E-state index in [1.165, 1.54) is 6.21 Å². The molecule has 0 aliphatic rings. The van der Waals surface area contributed by atoms with Crippen LogP contribution in [0.25, 0.3) is 10.8 Å². The second kappa shape index (κ2) is 13.1. The van der Waals surface area contributed by atoms with E-state index in [0.29, 0.717) is 29.4 Å². The van der Waals surface area contributed by atoms with Crippen LogP contribution in [0.5, 0.6) is 17.2 Å². The maximum atomic E-state index is 12.7. The lowest BCUT2D eigenvalue weighted by Gasteiger charge is -2.13. The van der Waals surface area contributed by atoms with Gasteiger partial charge in [-0.25, -0.2) is 10.2 Å². The van der Waals surface area contributed by atoms with Gasteiger partial charge in [-0.15, -0.1) is 0 Å². The van der Waals surface area contributed by atoms with E-state index in [0.717, 1.165) is 21.9 Å². The van der Waals surface area contributed by atoms with Crippen molar-refractivity contribution in [2.45, 2.75) is 19.6 Å². The number of benzene rings is 5. The average Bonchev–Trinajstić information content (AvgIpc) is 3.01. The van der Waals surface area contributed by atoms with Crippen molar-refractivity contribution in [1.82, 2.24) is 5.43 Å². The summed E-state index contributed by atoms with van der Waals surface area (Å²) in [5.74, 6) is 0.822. The summed E-state index contributed by atoms with van der Waals surface area (Å²) in [7, 11) is 0. The number of esters is 1. The minimum absolute atomic E-state index is 0.397. The van der Waals surface area contributed by atoms with Crippen molar-refractivity contribution < 1.29 is 23.8 Å². The second-order valence-electron chi connectivity index (χ2n) is 9.23. The Hall–Kier alpha value is -5.43. The molecule has 0 aliphatic heterocycles. The summed E-state index contributed by atoms with van der Waals surface area (Å²) >= 11 is 0. The zero-order valence-corrected chi connectivity index (χ0v) is 22.4. The van der Waals surface area contributed by atoms with Crippen molar-refractivity contribution in [2.24, 2.45) is 5.10 Å². The van der Waals surface area contributed by atoms with E-state index in [1.54, 1.807) is 61.5 Å². The predicted octanol–water partition coefficient (Wildman–Crippen LogP) is 6.56. The molecule has 1 N–H and O–H groups in total. The number of carbonyl (C=O) groups excluding carboxylic acids is 2. The van der Waals surface area contributed by atoms with Gasteiger partial charge in [-0.05, 0) is 83.4 Å². The maximum Gasteiger partial charge on any atom is 0.344 e. The van der Waals surface area contributed by atoms with Crippen LogP contribution in [0.3, 0.4) is 0 Å². The van der Waals surface area contributed by atoms with Crippen LogP contribution in [-0.4, -0.2) is 24.2 Å². The highest BCUT2D eigenvalue weighted by molar-refractivity contribution is 6.05. The molecule has 5 aromatic rings. The number of nitrogens with one attached hydrogen (secondary N) is 1. The van der Waals surface area contributed by atoms with Crippen LogP contribution >= 0.6 is 0 Å². The van der Waals surface area contributed by atoms with Gasteiger partial charge >= 0.3 is 5.97 Å². The Bertz CT molecular complexity index is 1640. The van der Waals surface area contributed by atoms with Gasteiger partial charge in [0.1, 0.15) is 23.9 Å². The number of nitrogens with zero attached hydrogens (tertiary/aromatic N) is 1. The van der Waals surface area contributed by atoms with Crippen molar-refractivity contribution in [3.8, 4) is 17.2 Å². The molecule has 1 unspecified atom stereocenters. The maximum absolute atomic E-state index is 12.7. The molecule has 204 valence electrons.